The first-order valence-corrected chi connectivity index (χ1v) is 22.0. The molecule has 0 aliphatic carbocycles. The maximum Gasteiger partial charge on any atom is 0.143 e. The number of aliphatic hydroxyl groups is 2. The molecule has 3 aromatic rings. The summed E-state index contributed by atoms with van der Waals surface area (Å²) in [7, 11) is 0. The fraction of sp³-hybridized carbons (Fsp3) is 0.633. The second kappa shape index (κ2) is 28.9. The Morgan fingerprint density at radius 3 is 1.19 bits per heavy atom. The Morgan fingerprint density at radius 1 is 0.453 bits per heavy atom. The van der Waals surface area contributed by atoms with Crippen LogP contribution in [0.1, 0.15) is 172 Å². The van der Waals surface area contributed by atoms with Crippen LogP contribution in [-0.2, 0) is 10.3 Å². The van der Waals surface area contributed by atoms with Crippen LogP contribution in [0, 0.1) is 0 Å². The van der Waals surface area contributed by atoms with Crippen LogP contribution in [0.2, 0.25) is 0 Å². The molecule has 3 rings (SSSR count). The number of benzene rings is 3. The van der Waals surface area contributed by atoms with Crippen LogP contribution < -0.4 is 0 Å². The molecule has 3 aromatic carbocycles. The highest BCUT2D eigenvalue weighted by Gasteiger charge is 2.37. The highest BCUT2D eigenvalue weighted by atomic mass is 16.5. The van der Waals surface area contributed by atoms with E-state index in [1.54, 1.807) is 0 Å². The van der Waals surface area contributed by atoms with E-state index in [9.17, 15) is 10.2 Å². The highest BCUT2D eigenvalue weighted by molar-refractivity contribution is 5.47. The van der Waals surface area contributed by atoms with Crippen LogP contribution in [0.3, 0.4) is 0 Å². The average Bonchev–Trinajstić information content (AvgIpc) is 3.19. The van der Waals surface area contributed by atoms with Crippen LogP contribution in [0.5, 0.6) is 0 Å². The van der Waals surface area contributed by atoms with Gasteiger partial charge in [0, 0.05) is 19.7 Å². The molecule has 0 heterocycles. The molecule has 0 fully saturated rings. The molecule has 0 saturated carbocycles. The number of unbranched alkanes of at least 4 members (excludes halogenated alkanes) is 17. The molecule has 0 amide bonds. The number of hydrogen-bond acceptors (Lipinski definition) is 4. The summed E-state index contributed by atoms with van der Waals surface area (Å²) in [5.41, 5.74) is 2.76. The van der Waals surface area contributed by atoms with Crippen molar-refractivity contribution in [2.24, 2.45) is 0 Å². The minimum absolute atomic E-state index is 0.319. The van der Waals surface area contributed by atoms with E-state index >= 15 is 0 Å². The first-order valence-electron chi connectivity index (χ1n) is 22.0. The van der Waals surface area contributed by atoms with Gasteiger partial charge >= 0.3 is 0 Å². The molecule has 2 atom stereocenters. The monoisotopic (exact) mass is 728 g/mol. The molecule has 0 radical (unpaired) electrons. The Hall–Kier alpha value is -2.50. The quantitative estimate of drug-likeness (QED) is 0.0484. The zero-order valence-corrected chi connectivity index (χ0v) is 33.9. The van der Waals surface area contributed by atoms with Crippen LogP contribution in [0.15, 0.2) is 91.0 Å². The first-order chi connectivity index (χ1) is 26.1. The van der Waals surface area contributed by atoms with E-state index in [0.29, 0.717) is 19.7 Å². The molecule has 0 saturated heterocycles. The molecule has 0 aliphatic rings. The lowest BCUT2D eigenvalue weighted by atomic mass is 9.80. The molecule has 4 nitrogen and oxygen atoms in total. The molecule has 2 unspecified atom stereocenters. The van der Waals surface area contributed by atoms with Crippen molar-refractivity contribution in [1.29, 1.82) is 0 Å². The summed E-state index contributed by atoms with van der Waals surface area (Å²) in [6.45, 7) is 7.46. The summed E-state index contributed by atoms with van der Waals surface area (Å²) in [4.78, 5) is 2.35. The molecule has 53 heavy (non-hydrogen) atoms. The Kier molecular flexibility index (Phi) is 24.5. The third-order valence-electron chi connectivity index (χ3n) is 10.9. The maximum atomic E-state index is 11.0. The molecule has 0 aromatic heterocycles. The third-order valence-corrected chi connectivity index (χ3v) is 10.9. The smallest absolute Gasteiger partial charge is 0.143 e. The van der Waals surface area contributed by atoms with Gasteiger partial charge in [-0.2, -0.15) is 0 Å². The molecule has 0 aliphatic heterocycles. The summed E-state index contributed by atoms with van der Waals surface area (Å²) < 4.78 is 7.00. The lowest BCUT2D eigenvalue weighted by Crippen LogP contribution is -2.38. The maximum absolute atomic E-state index is 11.0. The van der Waals surface area contributed by atoms with Crippen LogP contribution in [0.4, 0.5) is 0 Å². The van der Waals surface area contributed by atoms with Crippen molar-refractivity contribution < 1.29 is 14.9 Å². The average molecular weight is 728 g/mol. The first kappa shape index (κ1) is 44.9. The molecule has 4 heteroatoms. The summed E-state index contributed by atoms with van der Waals surface area (Å²) in [5, 5.41) is 22.1. The Labute approximate surface area is 325 Å². The van der Waals surface area contributed by atoms with Gasteiger partial charge in [0.15, 0.2) is 0 Å². The van der Waals surface area contributed by atoms with Crippen molar-refractivity contribution in [2.75, 3.05) is 26.2 Å². The minimum atomic E-state index is -0.670. The topological polar surface area (TPSA) is 52.9 Å². The van der Waals surface area contributed by atoms with Crippen molar-refractivity contribution >= 4 is 0 Å². The number of ether oxygens (including phenoxy) is 1. The number of nitrogens with zero attached hydrogens (tertiary/aromatic N) is 1. The van der Waals surface area contributed by atoms with Gasteiger partial charge in [0.05, 0.1) is 12.2 Å². The van der Waals surface area contributed by atoms with Crippen molar-refractivity contribution in [3.8, 4) is 0 Å². The zero-order valence-electron chi connectivity index (χ0n) is 33.9. The predicted octanol–water partition coefficient (Wildman–Crippen LogP) is 12.6. The Balaban J connectivity index is 1.48. The second-order valence-corrected chi connectivity index (χ2v) is 15.6. The van der Waals surface area contributed by atoms with E-state index in [1.807, 2.05) is 0 Å². The zero-order chi connectivity index (χ0) is 37.7. The van der Waals surface area contributed by atoms with E-state index in [-0.39, 0.29) is 12.2 Å². The van der Waals surface area contributed by atoms with Gasteiger partial charge in [-0.15, -0.1) is 0 Å². The predicted molar refractivity (Wildman–Crippen MR) is 227 cm³/mol. The largest absolute Gasteiger partial charge is 0.392 e. The van der Waals surface area contributed by atoms with E-state index in [0.717, 1.165) is 74.6 Å². The van der Waals surface area contributed by atoms with Crippen LogP contribution in [-0.4, -0.2) is 53.6 Å². The van der Waals surface area contributed by atoms with Gasteiger partial charge in [-0.25, -0.2) is 0 Å². The van der Waals surface area contributed by atoms with Gasteiger partial charge in [0.1, 0.15) is 5.60 Å². The normalized spacial score (nSPS) is 13.1. The molecular weight excluding hydrogens is 651 g/mol. The van der Waals surface area contributed by atoms with Gasteiger partial charge in [-0.1, -0.05) is 220 Å². The van der Waals surface area contributed by atoms with E-state index < -0.39 is 5.60 Å². The second-order valence-electron chi connectivity index (χ2n) is 15.6. The molecule has 296 valence electrons. The fourth-order valence-corrected chi connectivity index (χ4v) is 7.85. The van der Waals surface area contributed by atoms with Gasteiger partial charge in [-0.05, 0) is 48.9 Å². The number of aliphatic hydroxyl groups excluding tert-OH is 2. The SMILES string of the molecule is CCCCCCCCCCC(O)CN(CCCCCCOC(c1ccccc1)(c1ccccc1)c1ccccc1)CC(O)CCCCCCCCCC. The Morgan fingerprint density at radius 2 is 0.792 bits per heavy atom. The third kappa shape index (κ3) is 18.1. The van der Waals surface area contributed by atoms with E-state index in [1.165, 1.54) is 89.9 Å². The van der Waals surface area contributed by atoms with E-state index in [4.69, 9.17) is 4.74 Å². The van der Waals surface area contributed by atoms with Gasteiger partial charge in [-0.3, -0.25) is 4.90 Å². The number of rotatable bonds is 33. The Bertz CT molecular complexity index is 1110. The highest BCUT2D eigenvalue weighted by Crippen LogP contribution is 2.40. The van der Waals surface area contributed by atoms with Crippen molar-refractivity contribution in [3.63, 3.8) is 0 Å². The lowest BCUT2D eigenvalue weighted by molar-refractivity contribution is 0.0105. The fourth-order valence-electron chi connectivity index (χ4n) is 7.85. The summed E-state index contributed by atoms with van der Waals surface area (Å²) in [5.74, 6) is 0. The summed E-state index contributed by atoms with van der Waals surface area (Å²) in [6, 6.07) is 31.9. The van der Waals surface area contributed by atoms with Gasteiger partial charge in [0.25, 0.3) is 0 Å². The van der Waals surface area contributed by atoms with Gasteiger partial charge < -0.3 is 14.9 Å². The minimum Gasteiger partial charge on any atom is -0.392 e. The molecular formula is C49H77NO3. The summed E-state index contributed by atoms with van der Waals surface area (Å²) >= 11 is 0. The van der Waals surface area contributed by atoms with Crippen LogP contribution in [0.25, 0.3) is 0 Å². The number of hydrogen-bond donors (Lipinski definition) is 2. The molecule has 2 N–H and O–H groups in total. The summed E-state index contributed by atoms with van der Waals surface area (Å²) in [6.07, 6.45) is 25.9. The van der Waals surface area contributed by atoms with Crippen molar-refractivity contribution in [2.45, 2.75) is 173 Å². The van der Waals surface area contributed by atoms with Gasteiger partial charge in [0.2, 0.25) is 0 Å². The van der Waals surface area contributed by atoms with E-state index in [2.05, 4.69) is 110 Å². The lowest BCUT2D eigenvalue weighted by Gasteiger charge is -2.36. The van der Waals surface area contributed by atoms with Crippen molar-refractivity contribution in [3.05, 3.63) is 108 Å². The van der Waals surface area contributed by atoms with Crippen LogP contribution >= 0.6 is 0 Å². The molecule has 0 spiro atoms. The molecule has 0 bridgehead atoms. The standard InChI is InChI=1S/C49H77NO3/c1-3-5-7-9-11-13-15-28-38-47(51)42-50(43-48(52)39-29-16-14-12-10-8-6-4-2)40-30-17-18-31-41-53-49(44-32-22-19-23-33-44,45-34-24-20-25-35-45)46-36-26-21-27-37-46/h19-27,32-37,47-48,51-52H,3-18,28-31,38-43H2,1-2H3. The van der Waals surface area contributed by atoms with Crippen molar-refractivity contribution in [1.82, 2.24) is 4.90 Å².